The molecule has 2 unspecified atom stereocenters. The van der Waals surface area contributed by atoms with E-state index in [1.165, 1.54) is 5.56 Å². The van der Waals surface area contributed by atoms with Gasteiger partial charge in [-0.05, 0) is 37.1 Å². The van der Waals surface area contributed by atoms with Crippen LogP contribution in [0.25, 0.3) is 0 Å². The van der Waals surface area contributed by atoms with Crippen molar-refractivity contribution in [3.05, 3.63) is 59.7 Å². The fraction of sp³-hybridized carbons (Fsp3) is 0.278. The molecule has 0 radical (unpaired) electrons. The number of nitrogens with two attached hydrogens (primary N) is 1. The van der Waals surface area contributed by atoms with Gasteiger partial charge in [0.05, 0.1) is 5.56 Å². The van der Waals surface area contributed by atoms with Gasteiger partial charge in [-0.1, -0.05) is 30.3 Å². The SMILES string of the molecule is CC1C(c2ccccc2)CCN1c1ccc(N)c(C#N)c1. The summed E-state index contributed by atoms with van der Waals surface area (Å²) in [5.74, 6) is 0.536. The van der Waals surface area contributed by atoms with Crippen LogP contribution in [0.2, 0.25) is 0 Å². The molecule has 1 fully saturated rings. The Kier molecular flexibility index (Phi) is 3.53. The molecule has 106 valence electrons. The van der Waals surface area contributed by atoms with Crippen LogP contribution in [0.15, 0.2) is 48.5 Å². The lowest BCUT2D eigenvalue weighted by atomic mass is 9.93. The third-order valence-electron chi connectivity index (χ3n) is 4.47. The third-order valence-corrected chi connectivity index (χ3v) is 4.47. The largest absolute Gasteiger partial charge is 0.398 e. The lowest BCUT2D eigenvalue weighted by Gasteiger charge is -2.27. The van der Waals surface area contributed by atoms with Crippen molar-refractivity contribution in [1.29, 1.82) is 5.26 Å². The van der Waals surface area contributed by atoms with E-state index in [1.807, 2.05) is 18.2 Å². The summed E-state index contributed by atoms with van der Waals surface area (Å²) in [7, 11) is 0. The Bertz CT molecular complexity index is 673. The van der Waals surface area contributed by atoms with Gasteiger partial charge in [0, 0.05) is 29.9 Å². The average molecular weight is 277 g/mol. The van der Waals surface area contributed by atoms with E-state index in [0.29, 0.717) is 23.2 Å². The third kappa shape index (κ3) is 2.45. The minimum atomic E-state index is 0.419. The lowest BCUT2D eigenvalue weighted by molar-refractivity contribution is 0.635. The molecule has 0 aliphatic carbocycles. The highest BCUT2D eigenvalue weighted by molar-refractivity contribution is 5.63. The van der Waals surface area contributed by atoms with Crippen molar-refractivity contribution in [2.75, 3.05) is 17.2 Å². The molecular formula is C18H19N3. The van der Waals surface area contributed by atoms with Gasteiger partial charge >= 0.3 is 0 Å². The standard InChI is InChI=1S/C18H19N3/c1-13-17(14-5-3-2-4-6-14)9-10-21(13)16-7-8-18(20)15(11-16)12-19/h2-8,11,13,17H,9-10,20H2,1H3. The van der Waals surface area contributed by atoms with Crippen LogP contribution in [0.3, 0.4) is 0 Å². The topological polar surface area (TPSA) is 53.0 Å². The monoisotopic (exact) mass is 277 g/mol. The summed E-state index contributed by atoms with van der Waals surface area (Å²) in [6, 6.07) is 19.0. The highest BCUT2D eigenvalue weighted by Crippen LogP contribution is 2.36. The molecule has 0 spiro atoms. The van der Waals surface area contributed by atoms with Crippen LogP contribution in [0.1, 0.15) is 30.4 Å². The first kappa shape index (κ1) is 13.5. The van der Waals surface area contributed by atoms with E-state index in [-0.39, 0.29) is 0 Å². The Morgan fingerprint density at radius 1 is 1.19 bits per heavy atom. The molecule has 3 rings (SSSR count). The van der Waals surface area contributed by atoms with E-state index in [1.54, 1.807) is 0 Å². The van der Waals surface area contributed by atoms with Crippen LogP contribution in [0.5, 0.6) is 0 Å². The second-order valence-electron chi connectivity index (χ2n) is 5.62. The highest BCUT2D eigenvalue weighted by Gasteiger charge is 2.31. The van der Waals surface area contributed by atoms with Crippen molar-refractivity contribution >= 4 is 11.4 Å². The van der Waals surface area contributed by atoms with Gasteiger partial charge in [-0.25, -0.2) is 0 Å². The quantitative estimate of drug-likeness (QED) is 0.854. The number of benzene rings is 2. The molecular weight excluding hydrogens is 258 g/mol. The molecule has 1 saturated heterocycles. The zero-order chi connectivity index (χ0) is 14.8. The summed E-state index contributed by atoms with van der Waals surface area (Å²) in [5.41, 5.74) is 9.40. The number of nitrogens with zero attached hydrogens (tertiary/aromatic N) is 2. The van der Waals surface area contributed by atoms with E-state index in [4.69, 9.17) is 11.0 Å². The molecule has 2 aromatic rings. The van der Waals surface area contributed by atoms with Crippen molar-refractivity contribution in [1.82, 2.24) is 0 Å². The molecule has 0 amide bonds. The predicted molar refractivity (Wildman–Crippen MR) is 86.2 cm³/mol. The zero-order valence-electron chi connectivity index (χ0n) is 12.2. The van der Waals surface area contributed by atoms with Gasteiger partial charge in [-0.2, -0.15) is 5.26 Å². The number of nitrogen functional groups attached to an aromatic ring is 1. The fourth-order valence-electron chi connectivity index (χ4n) is 3.27. The predicted octanol–water partition coefficient (Wildman–Crippen LogP) is 3.52. The molecule has 2 aromatic carbocycles. The Morgan fingerprint density at radius 2 is 1.95 bits per heavy atom. The zero-order valence-corrected chi connectivity index (χ0v) is 12.2. The van der Waals surface area contributed by atoms with Gasteiger partial charge in [0.15, 0.2) is 0 Å². The highest BCUT2D eigenvalue weighted by atomic mass is 15.2. The van der Waals surface area contributed by atoms with Gasteiger partial charge in [0.2, 0.25) is 0 Å². The van der Waals surface area contributed by atoms with E-state index >= 15 is 0 Å². The van der Waals surface area contributed by atoms with Gasteiger partial charge < -0.3 is 10.6 Å². The molecule has 21 heavy (non-hydrogen) atoms. The van der Waals surface area contributed by atoms with Gasteiger partial charge in [-0.3, -0.25) is 0 Å². The molecule has 0 aromatic heterocycles. The summed E-state index contributed by atoms with van der Waals surface area (Å²) in [4.78, 5) is 2.37. The number of rotatable bonds is 2. The summed E-state index contributed by atoms with van der Waals surface area (Å²) in [6.07, 6.45) is 1.14. The van der Waals surface area contributed by atoms with Gasteiger partial charge in [-0.15, -0.1) is 0 Å². The molecule has 1 aliphatic heterocycles. The van der Waals surface area contributed by atoms with Crippen LogP contribution < -0.4 is 10.6 Å². The summed E-state index contributed by atoms with van der Waals surface area (Å²) in [6.45, 7) is 3.27. The van der Waals surface area contributed by atoms with Crippen LogP contribution in [-0.4, -0.2) is 12.6 Å². The molecule has 2 atom stereocenters. The minimum absolute atomic E-state index is 0.419. The summed E-state index contributed by atoms with van der Waals surface area (Å²) < 4.78 is 0. The van der Waals surface area contributed by atoms with Crippen molar-refractivity contribution < 1.29 is 0 Å². The van der Waals surface area contributed by atoms with Crippen LogP contribution in [0, 0.1) is 11.3 Å². The van der Waals surface area contributed by atoms with E-state index < -0.39 is 0 Å². The van der Waals surface area contributed by atoms with Crippen molar-refractivity contribution in [3.63, 3.8) is 0 Å². The first-order chi connectivity index (χ1) is 10.2. The maximum Gasteiger partial charge on any atom is 0.101 e. The molecule has 3 nitrogen and oxygen atoms in total. The van der Waals surface area contributed by atoms with Crippen molar-refractivity contribution in [3.8, 4) is 6.07 Å². The summed E-state index contributed by atoms with van der Waals surface area (Å²) >= 11 is 0. The smallest absolute Gasteiger partial charge is 0.101 e. The average Bonchev–Trinajstić information content (AvgIpc) is 2.90. The maximum atomic E-state index is 9.13. The fourth-order valence-corrected chi connectivity index (χ4v) is 3.27. The van der Waals surface area contributed by atoms with Crippen LogP contribution >= 0.6 is 0 Å². The Hall–Kier alpha value is -2.47. The van der Waals surface area contributed by atoms with Crippen molar-refractivity contribution in [2.45, 2.75) is 25.3 Å². The van der Waals surface area contributed by atoms with Crippen molar-refractivity contribution in [2.24, 2.45) is 0 Å². The lowest BCUT2D eigenvalue weighted by Crippen LogP contribution is -2.29. The van der Waals surface area contributed by atoms with Gasteiger partial charge in [0.25, 0.3) is 0 Å². The first-order valence-corrected chi connectivity index (χ1v) is 7.32. The minimum Gasteiger partial charge on any atom is -0.398 e. The Morgan fingerprint density at radius 3 is 2.67 bits per heavy atom. The van der Waals surface area contributed by atoms with Crippen LogP contribution in [-0.2, 0) is 0 Å². The van der Waals surface area contributed by atoms with E-state index in [2.05, 4.69) is 48.2 Å². The number of nitriles is 1. The van der Waals surface area contributed by atoms with Crippen LogP contribution in [0.4, 0.5) is 11.4 Å². The molecule has 1 heterocycles. The van der Waals surface area contributed by atoms with E-state index in [9.17, 15) is 0 Å². The Balaban J connectivity index is 1.87. The molecule has 3 heteroatoms. The number of hydrogen-bond donors (Lipinski definition) is 1. The second kappa shape index (κ2) is 5.49. The maximum absolute atomic E-state index is 9.13. The van der Waals surface area contributed by atoms with Gasteiger partial charge in [0.1, 0.15) is 6.07 Å². The number of hydrogen-bond acceptors (Lipinski definition) is 3. The normalized spacial score (nSPS) is 21.2. The number of anilines is 2. The molecule has 1 aliphatic rings. The summed E-state index contributed by atoms with van der Waals surface area (Å²) in [5, 5.41) is 9.13. The first-order valence-electron chi connectivity index (χ1n) is 7.32. The molecule has 2 N–H and O–H groups in total. The second-order valence-corrected chi connectivity index (χ2v) is 5.62. The van der Waals surface area contributed by atoms with E-state index in [0.717, 1.165) is 18.7 Å². The molecule has 0 saturated carbocycles. The Labute approximate surface area is 125 Å². The molecule has 0 bridgehead atoms.